The Hall–Kier alpha value is -4.75. The molecule has 2 fully saturated rings. The molecule has 0 radical (unpaired) electrons. The lowest BCUT2D eigenvalue weighted by atomic mass is 9.92. The molecule has 8 rings (SSSR count). The number of ether oxygens (including phenoxy) is 1. The van der Waals surface area contributed by atoms with Crippen LogP contribution in [0.5, 0.6) is 5.88 Å². The summed E-state index contributed by atoms with van der Waals surface area (Å²) >= 11 is 14.2. The number of aromatic nitrogens is 4. The van der Waals surface area contributed by atoms with Crippen molar-refractivity contribution in [3.63, 3.8) is 0 Å². The summed E-state index contributed by atoms with van der Waals surface area (Å²) in [4.78, 5) is 39.3. The number of β-amino-alcohol motifs (C(OH)–C–C–N with tert-alkyl or cyclic N) is 1. The van der Waals surface area contributed by atoms with Gasteiger partial charge in [0.1, 0.15) is 5.82 Å². The quantitative estimate of drug-likeness (QED) is 0.176. The number of carbonyl (C=O) groups excluding carboxylic acids is 1. The Bertz CT molecular complexity index is 2280. The number of aliphatic hydroxyl groups is 1. The van der Waals surface area contributed by atoms with Crippen LogP contribution in [0.1, 0.15) is 36.4 Å². The fourth-order valence-electron chi connectivity index (χ4n) is 8.04. The van der Waals surface area contributed by atoms with Gasteiger partial charge in [0.15, 0.2) is 0 Å². The van der Waals surface area contributed by atoms with Crippen LogP contribution < -0.4 is 20.9 Å². The molecule has 2 saturated heterocycles. The molecule has 52 heavy (non-hydrogen) atoms. The van der Waals surface area contributed by atoms with Crippen LogP contribution in [0.3, 0.4) is 0 Å². The first-order valence-electron chi connectivity index (χ1n) is 17.4. The SMILES string of the molecule is COc1nc(-c2cccc(-c3cccc(Nc4nccc5cnn(C)c(=O)c45)c3Cl)c2Cl)cc2c1C(N1CCC3(CCN(CCO)C(=O)N3)C1)CC2. The van der Waals surface area contributed by atoms with E-state index in [1.165, 1.54) is 10.2 Å². The molecule has 1 aliphatic carbocycles. The number of amides is 2. The van der Waals surface area contributed by atoms with Crippen molar-refractivity contribution in [1.29, 1.82) is 0 Å². The van der Waals surface area contributed by atoms with Crippen molar-refractivity contribution in [2.45, 2.75) is 37.3 Å². The van der Waals surface area contributed by atoms with Crippen molar-refractivity contribution >= 4 is 51.5 Å². The molecule has 0 bridgehead atoms. The summed E-state index contributed by atoms with van der Waals surface area (Å²) in [6, 6.07) is 15.3. The zero-order valence-corrected chi connectivity index (χ0v) is 30.3. The van der Waals surface area contributed by atoms with E-state index in [0.717, 1.165) is 55.5 Å². The molecular formula is C38H38Cl2N8O4. The molecule has 5 heterocycles. The number of benzene rings is 2. The number of nitrogens with zero attached hydrogens (tertiary/aromatic N) is 6. The van der Waals surface area contributed by atoms with Gasteiger partial charge in [-0.25, -0.2) is 19.4 Å². The summed E-state index contributed by atoms with van der Waals surface area (Å²) in [5, 5.41) is 22.0. The van der Waals surface area contributed by atoms with Gasteiger partial charge in [-0.2, -0.15) is 5.10 Å². The van der Waals surface area contributed by atoms with Crippen molar-refractivity contribution in [2.24, 2.45) is 7.05 Å². The van der Waals surface area contributed by atoms with Gasteiger partial charge >= 0.3 is 6.03 Å². The number of methoxy groups -OCH3 is 1. The van der Waals surface area contributed by atoms with E-state index >= 15 is 0 Å². The minimum absolute atomic E-state index is 0.0405. The van der Waals surface area contributed by atoms with Crippen LogP contribution in [0, 0.1) is 0 Å². The molecule has 14 heteroatoms. The Morgan fingerprint density at radius 3 is 2.62 bits per heavy atom. The Morgan fingerprint density at radius 1 is 1.06 bits per heavy atom. The van der Waals surface area contributed by atoms with Crippen molar-refractivity contribution in [1.82, 2.24) is 34.9 Å². The molecule has 2 aliphatic heterocycles. The minimum atomic E-state index is -0.270. The maximum Gasteiger partial charge on any atom is 0.317 e. The first kappa shape index (κ1) is 34.3. The highest BCUT2D eigenvalue weighted by Gasteiger charge is 2.46. The first-order valence-corrected chi connectivity index (χ1v) is 18.1. The van der Waals surface area contributed by atoms with Crippen molar-refractivity contribution in [3.8, 4) is 28.3 Å². The van der Waals surface area contributed by atoms with Crippen molar-refractivity contribution in [3.05, 3.63) is 92.5 Å². The van der Waals surface area contributed by atoms with Gasteiger partial charge in [0.05, 0.1) is 52.3 Å². The molecule has 268 valence electrons. The lowest BCUT2D eigenvalue weighted by Crippen LogP contribution is -2.61. The van der Waals surface area contributed by atoms with E-state index in [9.17, 15) is 14.7 Å². The van der Waals surface area contributed by atoms with Gasteiger partial charge in [-0.1, -0.05) is 53.5 Å². The van der Waals surface area contributed by atoms with Gasteiger partial charge < -0.3 is 25.4 Å². The summed E-state index contributed by atoms with van der Waals surface area (Å²) in [6.07, 6.45) is 6.76. The summed E-state index contributed by atoms with van der Waals surface area (Å²) in [6.45, 7) is 2.57. The van der Waals surface area contributed by atoms with Crippen LogP contribution in [0.25, 0.3) is 33.2 Å². The summed E-state index contributed by atoms with van der Waals surface area (Å²) in [5.74, 6) is 0.955. The van der Waals surface area contributed by atoms with Gasteiger partial charge in [0.25, 0.3) is 5.56 Å². The summed E-state index contributed by atoms with van der Waals surface area (Å²) in [7, 11) is 3.25. The van der Waals surface area contributed by atoms with Crippen LogP contribution >= 0.6 is 23.2 Å². The standard InChI is InChI=1S/C38H38Cl2N8O4/c1-46-36(50)31-23(20-42-46)11-14-41-34(31)43-27-8-4-6-25(33(27)40)24-5-3-7-26(32(24)39)28-19-22-9-10-29(30(22)35(44-28)52-2)48-16-13-38(21-48)12-15-47(17-18-49)37(51)45-38/h3-8,11,14,19-20,29,49H,9-10,12-13,15-18,21H2,1-2H3,(H,41,43)(H,45,51). The van der Waals surface area contributed by atoms with E-state index in [1.807, 2.05) is 36.4 Å². The number of hydrogen-bond donors (Lipinski definition) is 3. The van der Waals surface area contributed by atoms with Crippen molar-refractivity contribution in [2.75, 3.05) is 45.2 Å². The van der Waals surface area contributed by atoms with Gasteiger partial charge in [-0.15, -0.1) is 0 Å². The number of nitrogens with one attached hydrogen (secondary N) is 2. The van der Waals surface area contributed by atoms with Gasteiger partial charge in [-0.05, 0) is 49.4 Å². The predicted molar refractivity (Wildman–Crippen MR) is 202 cm³/mol. The molecule has 2 amide bonds. The maximum atomic E-state index is 13.0. The lowest BCUT2D eigenvalue weighted by molar-refractivity contribution is 0.127. The van der Waals surface area contributed by atoms with Crippen LogP contribution in [-0.4, -0.2) is 86.1 Å². The molecule has 0 saturated carbocycles. The van der Waals surface area contributed by atoms with Gasteiger partial charge in [0.2, 0.25) is 5.88 Å². The van der Waals surface area contributed by atoms with E-state index in [4.69, 9.17) is 32.9 Å². The average Bonchev–Trinajstić information content (AvgIpc) is 3.76. The molecule has 2 unspecified atom stereocenters. The fraction of sp³-hybridized carbons (Fsp3) is 0.342. The molecule has 3 N–H and O–H groups in total. The summed E-state index contributed by atoms with van der Waals surface area (Å²) in [5.41, 5.74) is 5.19. The van der Waals surface area contributed by atoms with Crippen LogP contribution in [0.15, 0.2) is 65.7 Å². The second-order valence-corrected chi connectivity index (χ2v) is 14.4. The third-order valence-electron chi connectivity index (χ3n) is 10.7. The topological polar surface area (TPSA) is 138 Å². The first-order chi connectivity index (χ1) is 25.2. The number of hydrogen-bond acceptors (Lipinski definition) is 9. The van der Waals surface area contributed by atoms with E-state index < -0.39 is 0 Å². The molecule has 1 spiro atoms. The molecule has 3 aromatic heterocycles. The number of aryl methyl sites for hydroxylation is 2. The Balaban J connectivity index is 1.08. The predicted octanol–water partition coefficient (Wildman–Crippen LogP) is 5.96. The van der Waals surface area contributed by atoms with Crippen molar-refractivity contribution < 1.29 is 14.6 Å². The second kappa shape index (κ2) is 13.7. The minimum Gasteiger partial charge on any atom is -0.481 e. The van der Waals surface area contributed by atoms with E-state index in [-0.39, 0.29) is 29.8 Å². The lowest BCUT2D eigenvalue weighted by Gasteiger charge is -2.40. The smallest absolute Gasteiger partial charge is 0.317 e. The number of anilines is 2. The molecule has 2 aromatic carbocycles. The molecule has 12 nitrogen and oxygen atoms in total. The van der Waals surface area contributed by atoms with E-state index in [2.05, 4.69) is 31.7 Å². The van der Waals surface area contributed by atoms with Crippen LogP contribution in [0.4, 0.5) is 16.3 Å². The Labute approximate surface area is 310 Å². The molecule has 3 aliphatic rings. The van der Waals surface area contributed by atoms with Crippen LogP contribution in [-0.2, 0) is 13.5 Å². The number of rotatable bonds is 8. The average molecular weight is 742 g/mol. The maximum absolute atomic E-state index is 13.0. The summed E-state index contributed by atoms with van der Waals surface area (Å²) < 4.78 is 7.23. The number of fused-ring (bicyclic) bond motifs is 2. The number of aliphatic hydroxyl groups excluding tert-OH is 1. The Morgan fingerprint density at radius 2 is 1.83 bits per heavy atom. The number of urea groups is 1. The number of pyridine rings is 2. The number of likely N-dealkylation sites (tertiary alicyclic amines) is 1. The zero-order chi connectivity index (χ0) is 36.1. The highest BCUT2D eigenvalue weighted by Crippen LogP contribution is 2.47. The third kappa shape index (κ3) is 5.93. The van der Waals surface area contributed by atoms with Crippen LogP contribution in [0.2, 0.25) is 10.0 Å². The largest absolute Gasteiger partial charge is 0.481 e. The fourth-order valence-corrected chi connectivity index (χ4v) is 8.64. The normalized spacial score (nSPS) is 20.1. The van der Waals surface area contributed by atoms with E-state index in [0.29, 0.717) is 62.5 Å². The molecule has 5 aromatic rings. The molecular weight excluding hydrogens is 703 g/mol. The number of carbonyl (C=O) groups is 1. The Kier molecular flexibility index (Phi) is 9.02. The highest BCUT2D eigenvalue weighted by molar-refractivity contribution is 6.39. The number of halogens is 2. The van der Waals surface area contributed by atoms with E-state index in [1.54, 1.807) is 37.5 Å². The van der Waals surface area contributed by atoms with Gasteiger partial charge in [-0.3, -0.25) is 9.69 Å². The third-order valence-corrected chi connectivity index (χ3v) is 11.5. The monoisotopic (exact) mass is 740 g/mol. The second-order valence-electron chi connectivity index (χ2n) is 13.7. The van der Waals surface area contributed by atoms with Gasteiger partial charge in [0, 0.05) is 73.1 Å². The highest BCUT2D eigenvalue weighted by atomic mass is 35.5. The zero-order valence-electron chi connectivity index (χ0n) is 28.8. The molecule has 2 atom stereocenters.